The molecule has 0 radical (unpaired) electrons. The van der Waals surface area contributed by atoms with Crippen molar-refractivity contribution in [3.63, 3.8) is 0 Å². The van der Waals surface area contributed by atoms with Crippen LogP contribution in [0.1, 0.15) is 16.1 Å². The summed E-state index contributed by atoms with van der Waals surface area (Å²) in [5.41, 5.74) is 6.96. The smallest absolute Gasteiger partial charge is 0.341 e. The fraction of sp³-hybridized carbons (Fsp3) is 0.0909. The Bertz CT molecular complexity index is 575. The molecular formula is C11H10BrN3O2. The van der Waals surface area contributed by atoms with Crippen LogP contribution in [-0.4, -0.2) is 20.9 Å². The molecule has 0 unspecified atom stereocenters. The molecule has 6 heteroatoms. The highest BCUT2D eigenvalue weighted by atomic mass is 79.9. The summed E-state index contributed by atoms with van der Waals surface area (Å²) in [4.78, 5) is 11.0. The minimum atomic E-state index is -1.07. The zero-order chi connectivity index (χ0) is 12.6. The Hall–Kier alpha value is -1.82. The normalized spacial score (nSPS) is 10.5. The Kier molecular flexibility index (Phi) is 2.89. The molecule has 5 nitrogen and oxygen atoms in total. The fourth-order valence-corrected chi connectivity index (χ4v) is 1.85. The lowest BCUT2D eigenvalue weighted by atomic mass is 10.2. The summed E-state index contributed by atoms with van der Waals surface area (Å²) in [5.74, 6) is -0.930. The van der Waals surface area contributed by atoms with Crippen molar-refractivity contribution in [2.75, 3.05) is 5.73 Å². The monoisotopic (exact) mass is 295 g/mol. The summed E-state index contributed by atoms with van der Waals surface area (Å²) < 4.78 is 2.35. The largest absolute Gasteiger partial charge is 0.477 e. The highest BCUT2D eigenvalue weighted by molar-refractivity contribution is 9.10. The van der Waals surface area contributed by atoms with Crippen molar-refractivity contribution in [1.29, 1.82) is 0 Å². The maximum absolute atomic E-state index is 11.0. The second-order valence-electron chi connectivity index (χ2n) is 3.54. The van der Waals surface area contributed by atoms with Gasteiger partial charge < -0.3 is 10.8 Å². The van der Waals surface area contributed by atoms with Gasteiger partial charge in [0.25, 0.3) is 0 Å². The molecule has 0 fully saturated rings. The maximum Gasteiger partial charge on any atom is 0.341 e. The van der Waals surface area contributed by atoms with E-state index in [-0.39, 0.29) is 11.4 Å². The minimum absolute atomic E-state index is 0.0490. The Labute approximate surface area is 106 Å². The molecule has 0 amide bonds. The molecule has 1 aromatic heterocycles. The van der Waals surface area contributed by atoms with E-state index >= 15 is 0 Å². The van der Waals surface area contributed by atoms with E-state index in [9.17, 15) is 4.79 Å². The second kappa shape index (κ2) is 4.21. The third-order valence-electron chi connectivity index (χ3n) is 2.38. The first kappa shape index (κ1) is 11.7. The Morgan fingerprint density at radius 2 is 2.00 bits per heavy atom. The summed E-state index contributed by atoms with van der Waals surface area (Å²) in [6.45, 7) is 1.62. The Morgan fingerprint density at radius 1 is 1.41 bits per heavy atom. The molecule has 0 atom stereocenters. The summed E-state index contributed by atoms with van der Waals surface area (Å²) in [7, 11) is 0. The predicted octanol–water partition coefficient (Wildman–Crippen LogP) is 2.22. The van der Waals surface area contributed by atoms with Crippen LogP contribution >= 0.6 is 15.9 Å². The van der Waals surface area contributed by atoms with Gasteiger partial charge in [0.2, 0.25) is 0 Å². The molecule has 0 spiro atoms. The van der Waals surface area contributed by atoms with E-state index in [0.29, 0.717) is 5.69 Å². The van der Waals surface area contributed by atoms with E-state index in [1.165, 1.54) is 4.68 Å². The molecule has 0 aliphatic heterocycles. The van der Waals surface area contributed by atoms with Crippen molar-refractivity contribution in [3.05, 3.63) is 40.0 Å². The van der Waals surface area contributed by atoms with Crippen LogP contribution in [0.2, 0.25) is 0 Å². The number of aryl methyl sites for hydroxylation is 1. The second-order valence-corrected chi connectivity index (χ2v) is 4.45. The van der Waals surface area contributed by atoms with Crippen LogP contribution in [0.25, 0.3) is 5.69 Å². The van der Waals surface area contributed by atoms with Gasteiger partial charge in [0.15, 0.2) is 0 Å². The van der Waals surface area contributed by atoms with Gasteiger partial charge in [-0.1, -0.05) is 15.9 Å². The van der Waals surface area contributed by atoms with Gasteiger partial charge in [0, 0.05) is 4.47 Å². The summed E-state index contributed by atoms with van der Waals surface area (Å²) >= 11 is 3.32. The van der Waals surface area contributed by atoms with Crippen molar-refractivity contribution in [2.24, 2.45) is 0 Å². The number of rotatable bonds is 2. The van der Waals surface area contributed by atoms with Gasteiger partial charge in [-0.15, -0.1) is 0 Å². The first-order chi connectivity index (χ1) is 8.00. The molecule has 2 aromatic rings. The van der Waals surface area contributed by atoms with Crippen LogP contribution in [0.4, 0.5) is 5.82 Å². The molecule has 3 N–H and O–H groups in total. The number of aromatic nitrogens is 2. The molecule has 0 aliphatic rings. The van der Waals surface area contributed by atoms with Crippen LogP contribution in [-0.2, 0) is 0 Å². The number of hydrogen-bond donors (Lipinski definition) is 2. The standard InChI is InChI=1S/C11H10BrN3O2/c1-6-9(11(16)17)10(13)15(14-6)8-4-2-7(12)3-5-8/h2-5H,13H2,1H3,(H,16,17). The number of nitrogen functional groups attached to an aromatic ring is 1. The third kappa shape index (κ3) is 2.03. The first-order valence-electron chi connectivity index (χ1n) is 4.85. The summed E-state index contributed by atoms with van der Waals surface area (Å²) in [5, 5.41) is 13.1. The molecule has 0 bridgehead atoms. The van der Waals surface area contributed by atoms with Gasteiger partial charge in [0.05, 0.1) is 11.4 Å². The topological polar surface area (TPSA) is 81.1 Å². The number of anilines is 1. The number of carboxylic acid groups (broad SMARTS) is 1. The van der Waals surface area contributed by atoms with Crippen molar-refractivity contribution in [1.82, 2.24) is 9.78 Å². The lowest BCUT2D eigenvalue weighted by Gasteiger charge is -2.03. The summed E-state index contributed by atoms with van der Waals surface area (Å²) in [6.07, 6.45) is 0. The molecular weight excluding hydrogens is 286 g/mol. The number of halogens is 1. The van der Waals surface area contributed by atoms with E-state index in [1.807, 2.05) is 12.1 Å². The van der Waals surface area contributed by atoms with Crippen molar-refractivity contribution in [2.45, 2.75) is 6.92 Å². The average Bonchev–Trinajstić information content (AvgIpc) is 2.55. The third-order valence-corrected chi connectivity index (χ3v) is 2.91. The number of benzene rings is 1. The average molecular weight is 296 g/mol. The number of aromatic carboxylic acids is 1. The van der Waals surface area contributed by atoms with Crippen LogP contribution < -0.4 is 5.73 Å². The van der Waals surface area contributed by atoms with Crippen molar-refractivity contribution < 1.29 is 9.90 Å². The summed E-state index contributed by atoms with van der Waals surface area (Å²) in [6, 6.07) is 7.29. The van der Waals surface area contributed by atoms with E-state index in [4.69, 9.17) is 10.8 Å². The number of carbonyl (C=O) groups is 1. The lowest BCUT2D eigenvalue weighted by molar-refractivity contribution is 0.0697. The first-order valence-corrected chi connectivity index (χ1v) is 5.64. The molecule has 0 saturated heterocycles. The van der Waals surface area contributed by atoms with Crippen LogP contribution in [0.15, 0.2) is 28.7 Å². The molecule has 2 rings (SSSR count). The molecule has 0 aliphatic carbocycles. The maximum atomic E-state index is 11.0. The Morgan fingerprint density at radius 3 is 2.47 bits per heavy atom. The Balaban J connectivity index is 2.57. The van der Waals surface area contributed by atoms with E-state index in [0.717, 1.165) is 10.2 Å². The van der Waals surface area contributed by atoms with Crippen LogP contribution in [0, 0.1) is 6.92 Å². The van der Waals surface area contributed by atoms with Gasteiger partial charge in [-0.05, 0) is 31.2 Å². The van der Waals surface area contributed by atoms with E-state index in [2.05, 4.69) is 21.0 Å². The zero-order valence-electron chi connectivity index (χ0n) is 9.01. The molecule has 0 saturated carbocycles. The van der Waals surface area contributed by atoms with Crippen LogP contribution in [0.5, 0.6) is 0 Å². The van der Waals surface area contributed by atoms with Gasteiger partial charge in [0.1, 0.15) is 11.4 Å². The molecule has 88 valence electrons. The SMILES string of the molecule is Cc1nn(-c2ccc(Br)cc2)c(N)c1C(=O)O. The highest BCUT2D eigenvalue weighted by Gasteiger charge is 2.19. The van der Waals surface area contributed by atoms with E-state index < -0.39 is 5.97 Å². The number of nitrogens with two attached hydrogens (primary N) is 1. The minimum Gasteiger partial charge on any atom is -0.477 e. The van der Waals surface area contributed by atoms with Gasteiger partial charge in [-0.3, -0.25) is 0 Å². The number of carboxylic acids is 1. The fourth-order valence-electron chi connectivity index (χ4n) is 1.59. The van der Waals surface area contributed by atoms with Crippen molar-refractivity contribution in [3.8, 4) is 5.69 Å². The van der Waals surface area contributed by atoms with Crippen LogP contribution in [0.3, 0.4) is 0 Å². The molecule has 1 heterocycles. The van der Waals surface area contributed by atoms with Gasteiger partial charge in [-0.2, -0.15) is 5.10 Å². The quantitative estimate of drug-likeness (QED) is 0.890. The predicted molar refractivity (Wildman–Crippen MR) is 67.4 cm³/mol. The van der Waals surface area contributed by atoms with Gasteiger partial charge >= 0.3 is 5.97 Å². The van der Waals surface area contributed by atoms with Gasteiger partial charge in [-0.25, -0.2) is 9.48 Å². The zero-order valence-corrected chi connectivity index (χ0v) is 10.6. The lowest BCUT2D eigenvalue weighted by Crippen LogP contribution is -2.05. The molecule has 17 heavy (non-hydrogen) atoms. The molecule has 1 aromatic carbocycles. The number of hydrogen-bond acceptors (Lipinski definition) is 3. The van der Waals surface area contributed by atoms with Crippen molar-refractivity contribution >= 4 is 27.7 Å². The van der Waals surface area contributed by atoms with E-state index in [1.54, 1.807) is 19.1 Å². The highest BCUT2D eigenvalue weighted by Crippen LogP contribution is 2.21. The number of nitrogens with zero attached hydrogens (tertiary/aromatic N) is 2.